The van der Waals surface area contributed by atoms with E-state index in [0.717, 1.165) is 23.7 Å². The zero-order chi connectivity index (χ0) is 14.7. The molecule has 0 unspecified atom stereocenters. The molecule has 1 heterocycles. The van der Waals surface area contributed by atoms with Crippen LogP contribution in [0.2, 0.25) is 0 Å². The van der Waals surface area contributed by atoms with Gasteiger partial charge in [0, 0.05) is 18.2 Å². The molecular weight excluding hydrogens is 260 g/mol. The number of nitrogens with zero attached hydrogens (tertiary/aromatic N) is 2. The Morgan fingerprint density at radius 1 is 1.19 bits per heavy atom. The second-order valence-electron chi connectivity index (χ2n) is 6.17. The molecule has 1 aromatic heterocycles. The van der Waals surface area contributed by atoms with Crippen LogP contribution in [0.25, 0.3) is 11.5 Å². The Hall–Kier alpha value is -1.61. The van der Waals surface area contributed by atoms with Crippen LogP contribution < -0.4 is 0 Å². The maximum atomic E-state index is 5.68. The fourth-order valence-electron chi connectivity index (χ4n) is 3.22. The van der Waals surface area contributed by atoms with Crippen LogP contribution in [0.5, 0.6) is 0 Å². The van der Waals surface area contributed by atoms with E-state index in [1.165, 1.54) is 37.7 Å². The molecule has 0 aliphatic heterocycles. The van der Waals surface area contributed by atoms with Gasteiger partial charge in [-0.15, -0.1) is 0 Å². The maximum Gasteiger partial charge on any atom is 0.226 e. The summed E-state index contributed by atoms with van der Waals surface area (Å²) in [5.41, 5.74) is 3.32. The third kappa shape index (κ3) is 3.35. The molecule has 0 spiro atoms. The second kappa shape index (κ2) is 6.44. The largest absolute Gasteiger partial charge is 0.444 e. The molecule has 3 heteroatoms. The molecule has 1 saturated carbocycles. The SMILES string of the molecule is Cc1ccccc1-c1nc(CN(C)C2CCCCC2)co1. The third-order valence-corrected chi connectivity index (χ3v) is 4.54. The van der Waals surface area contributed by atoms with Gasteiger partial charge in [0.05, 0.1) is 5.69 Å². The van der Waals surface area contributed by atoms with E-state index in [0.29, 0.717) is 6.04 Å². The lowest BCUT2D eigenvalue weighted by Gasteiger charge is -2.30. The summed E-state index contributed by atoms with van der Waals surface area (Å²) in [6.07, 6.45) is 8.56. The lowest BCUT2D eigenvalue weighted by molar-refractivity contribution is 0.182. The molecule has 0 saturated heterocycles. The Kier molecular flexibility index (Phi) is 4.39. The molecule has 21 heavy (non-hydrogen) atoms. The molecule has 0 bridgehead atoms. The molecule has 0 amide bonds. The lowest BCUT2D eigenvalue weighted by Crippen LogP contribution is -2.32. The first-order valence-electron chi connectivity index (χ1n) is 7.94. The Morgan fingerprint density at radius 2 is 1.95 bits per heavy atom. The molecule has 0 radical (unpaired) electrons. The highest BCUT2D eigenvalue weighted by atomic mass is 16.3. The Bertz CT molecular complexity index is 584. The summed E-state index contributed by atoms with van der Waals surface area (Å²) in [7, 11) is 2.21. The van der Waals surface area contributed by atoms with Crippen molar-refractivity contribution in [3.63, 3.8) is 0 Å². The molecule has 0 atom stereocenters. The van der Waals surface area contributed by atoms with Gasteiger partial charge in [-0.05, 0) is 38.4 Å². The minimum atomic E-state index is 0.706. The van der Waals surface area contributed by atoms with E-state index in [1.54, 1.807) is 6.26 Å². The Morgan fingerprint density at radius 3 is 2.71 bits per heavy atom. The number of benzene rings is 1. The lowest BCUT2D eigenvalue weighted by atomic mass is 9.94. The standard InChI is InChI=1S/C18H24N2O/c1-14-8-6-7-11-17(14)18-19-15(13-21-18)12-20(2)16-9-4-3-5-10-16/h6-8,11,13,16H,3-5,9-10,12H2,1-2H3. The molecule has 1 aromatic carbocycles. The second-order valence-corrected chi connectivity index (χ2v) is 6.17. The topological polar surface area (TPSA) is 29.3 Å². The minimum absolute atomic E-state index is 0.706. The van der Waals surface area contributed by atoms with Gasteiger partial charge in [-0.2, -0.15) is 0 Å². The van der Waals surface area contributed by atoms with Crippen LogP contribution in [0, 0.1) is 6.92 Å². The van der Waals surface area contributed by atoms with Crippen LogP contribution in [0.3, 0.4) is 0 Å². The van der Waals surface area contributed by atoms with Crippen molar-refractivity contribution in [3.05, 3.63) is 41.8 Å². The quantitative estimate of drug-likeness (QED) is 0.832. The van der Waals surface area contributed by atoms with Crippen LogP contribution in [0.4, 0.5) is 0 Å². The fourth-order valence-corrected chi connectivity index (χ4v) is 3.22. The summed E-state index contributed by atoms with van der Waals surface area (Å²) in [5, 5.41) is 0. The Balaban J connectivity index is 1.69. The maximum absolute atomic E-state index is 5.68. The van der Waals surface area contributed by atoms with Gasteiger partial charge in [-0.25, -0.2) is 4.98 Å². The smallest absolute Gasteiger partial charge is 0.226 e. The minimum Gasteiger partial charge on any atom is -0.444 e. The van der Waals surface area contributed by atoms with Gasteiger partial charge in [0.1, 0.15) is 6.26 Å². The Labute approximate surface area is 127 Å². The summed E-state index contributed by atoms with van der Waals surface area (Å²) in [5.74, 6) is 0.736. The first-order chi connectivity index (χ1) is 10.2. The van der Waals surface area contributed by atoms with E-state index < -0.39 is 0 Å². The summed E-state index contributed by atoms with van der Waals surface area (Å²) >= 11 is 0. The van der Waals surface area contributed by atoms with Crippen molar-refractivity contribution >= 4 is 0 Å². The van der Waals surface area contributed by atoms with Crippen molar-refractivity contribution < 1.29 is 4.42 Å². The van der Waals surface area contributed by atoms with Gasteiger partial charge >= 0.3 is 0 Å². The molecule has 1 fully saturated rings. The fraction of sp³-hybridized carbons (Fsp3) is 0.500. The summed E-state index contributed by atoms with van der Waals surface area (Å²) in [6.45, 7) is 2.97. The predicted molar refractivity (Wildman–Crippen MR) is 85.0 cm³/mol. The first kappa shape index (κ1) is 14.3. The van der Waals surface area contributed by atoms with E-state index in [-0.39, 0.29) is 0 Å². The molecule has 1 aliphatic carbocycles. The van der Waals surface area contributed by atoms with Crippen LogP contribution in [-0.2, 0) is 6.54 Å². The summed E-state index contributed by atoms with van der Waals surface area (Å²) in [4.78, 5) is 7.10. The summed E-state index contributed by atoms with van der Waals surface area (Å²) < 4.78 is 5.68. The molecule has 3 nitrogen and oxygen atoms in total. The van der Waals surface area contributed by atoms with Gasteiger partial charge in [-0.1, -0.05) is 37.5 Å². The van der Waals surface area contributed by atoms with Gasteiger partial charge in [0.25, 0.3) is 0 Å². The van der Waals surface area contributed by atoms with Crippen molar-refractivity contribution in [2.75, 3.05) is 7.05 Å². The highest BCUT2D eigenvalue weighted by Crippen LogP contribution is 2.25. The average Bonchev–Trinajstić information content (AvgIpc) is 2.97. The third-order valence-electron chi connectivity index (χ3n) is 4.54. The van der Waals surface area contributed by atoms with Crippen molar-refractivity contribution in [3.8, 4) is 11.5 Å². The molecule has 1 aliphatic rings. The number of rotatable bonds is 4. The van der Waals surface area contributed by atoms with E-state index >= 15 is 0 Å². The number of aryl methyl sites for hydroxylation is 1. The predicted octanol–water partition coefficient (Wildman–Crippen LogP) is 4.41. The van der Waals surface area contributed by atoms with E-state index in [9.17, 15) is 0 Å². The van der Waals surface area contributed by atoms with Crippen molar-refractivity contribution in [2.45, 2.75) is 51.6 Å². The zero-order valence-corrected chi connectivity index (χ0v) is 13.0. The van der Waals surface area contributed by atoms with Gasteiger partial charge in [-0.3, -0.25) is 4.90 Å². The molecule has 0 N–H and O–H groups in total. The highest BCUT2D eigenvalue weighted by Gasteiger charge is 2.19. The van der Waals surface area contributed by atoms with Crippen molar-refractivity contribution in [1.29, 1.82) is 0 Å². The van der Waals surface area contributed by atoms with Crippen LogP contribution >= 0.6 is 0 Å². The van der Waals surface area contributed by atoms with Crippen LogP contribution in [-0.4, -0.2) is 23.0 Å². The molecule has 2 aromatic rings. The number of oxazole rings is 1. The highest BCUT2D eigenvalue weighted by molar-refractivity contribution is 5.58. The monoisotopic (exact) mass is 284 g/mol. The van der Waals surface area contributed by atoms with Gasteiger partial charge < -0.3 is 4.42 Å². The number of hydrogen-bond acceptors (Lipinski definition) is 3. The first-order valence-corrected chi connectivity index (χ1v) is 7.94. The number of hydrogen-bond donors (Lipinski definition) is 0. The van der Waals surface area contributed by atoms with E-state index in [1.807, 2.05) is 12.1 Å². The van der Waals surface area contributed by atoms with E-state index in [2.05, 4.69) is 36.0 Å². The molecule has 112 valence electrons. The van der Waals surface area contributed by atoms with Gasteiger partial charge in [0.15, 0.2) is 0 Å². The summed E-state index contributed by atoms with van der Waals surface area (Å²) in [6, 6.07) is 8.93. The van der Waals surface area contributed by atoms with E-state index in [4.69, 9.17) is 4.42 Å². The normalized spacial score (nSPS) is 16.5. The van der Waals surface area contributed by atoms with Crippen molar-refractivity contribution in [2.24, 2.45) is 0 Å². The van der Waals surface area contributed by atoms with Crippen LogP contribution in [0.15, 0.2) is 34.9 Å². The number of aromatic nitrogens is 1. The molecule has 3 rings (SSSR count). The zero-order valence-electron chi connectivity index (χ0n) is 13.0. The molecular formula is C18H24N2O. The van der Waals surface area contributed by atoms with Crippen LogP contribution in [0.1, 0.15) is 43.4 Å². The van der Waals surface area contributed by atoms with Gasteiger partial charge in [0.2, 0.25) is 5.89 Å². The van der Waals surface area contributed by atoms with Crippen molar-refractivity contribution in [1.82, 2.24) is 9.88 Å². The average molecular weight is 284 g/mol.